The van der Waals surface area contributed by atoms with Crippen LogP contribution in [0, 0.1) is 0 Å². The molecular weight excluding hydrogens is 412 g/mol. The molecule has 5 heteroatoms. The van der Waals surface area contributed by atoms with Gasteiger partial charge in [-0.15, -0.1) is 0 Å². The quantitative estimate of drug-likeness (QED) is 0.588. The summed E-state index contributed by atoms with van der Waals surface area (Å²) in [5.41, 5.74) is 4.86. The molecule has 2 aliphatic heterocycles. The number of hydrogen-bond donors (Lipinski definition) is 1. The van der Waals surface area contributed by atoms with Gasteiger partial charge in [-0.3, -0.25) is 4.79 Å². The molecule has 1 amide bonds. The molecule has 0 aliphatic carbocycles. The number of fused-ring (bicyclic) bond motifs is 1. The van der Waals surface area contributed by atoms with Crippen LogP contribution in [0.2, 0.25) is 0 Å². The first-order chi connectivity index (χ1) is 15.8. The number of aromatic nitrogens is 1. The summed E-state index contributed by atoms with van der Waals surface area (Å²) in [6.07, 6.45) is 4.02. The van der Waals surface area contributed by atoms with Crippen LogP contribution in [-0.2, 0) is 19.7 Å². The number of amides is 1. The molecule has 1 spiro atoms. The average molecular weight is 447 g/mol. The van der Waals surface area contributed by atoms with Gasteiger partial charge in [-0.2, -0.15) is 0 Å². The van der Waals surface area contributed by atoms with Crippen LogP contribution in [0.25, 0.3) is 10.9 Å². The highest BCUT2D eigenvalue weighted by Gasteiger charge is 2.41. The van der Waals surface area contributed by atoms with E-state index in [9.17, 15) is 4.79 Å². The van der Waals surface area contributed by atoms with E-state index in [1.54, 1.807) is 0 Å². The van der Waals surface area contributed by atoms with E-state index in [0.717, 1.165) is 18.4 Å². The molecule has 0 radical (unpaired) electrons. The minimum atomic E-state index is -0.462. The predicted octanol–water partition coefficient (Wildman–Crippen LogP) is 5.35. The topological polar surface area (TPSA) is 54.6 Å². The molecule has 1 unspecified atom stereocenters. The summed E-state index contributed by atoms with van der Waals surface area (Å²) >= 11 is 0. The Hall–Kier alpha value is -2.63. The minimum absolute atomic E-state index is 0.00228. The van der Waals surface area contributed by atoms with Gasteiger partial charge in [0.05, 0.1) is 13.2 Å². The van der Waals surface area contributed by atoms with E-state index in [1.807, 2.05) is 11.0 Å². The summed E-state index contributed by atoms with van der Waals surface area (Å²) in [4.78, 5) is 18.9. The van der Waals surface area contributed by atoms with Crippen molar-refractivity contribution < 1.29 is 14.3 Å². The normalized spacial score (nSPS) is 19.3. The summed E-state index contributed by atoms with van der Waals surface area (Å²) in [6, 6.07) is 17.2. The number of ether oxygens (including phenoxy) is 2. The lowest BCUT2D eigenvalue weighted by atomic mass is 9.83. The maximum Gasteiger partial charge on any atom is 0.223 e. The average Bonchev–Trinajstić information content (AvgIpc) is 3.45. The highest BCUT2D eigenvalue weighted by Crippen LogP contribution is 2.36. The second-order valence-electron chi connectivity index (χ2n) is 10.4. The SMILES string of the molecule is CC(C)(C)c1ccc(C(CC(=O)N2CCC3(CC2)OCCO3)c2c[nH]c3ccccc23)cc1. The number of carbonyl (C=O) groups is 1. The maximum absolute atomic E-state index is 13.5. The summed E-state index contributed by atoms with van der Waals surface area (Å²) in [7, 11) is 0. The molecule has 2 aliphatic rings. The molecule has 3 heterocycles. The van der Waals surface area contributed by atoms with Gasteiger partial charge in [0, 0.05) is 55.4 Å². The van der Waals surface area contributed by atoms with E-state index in [4.69, 9.17) is 9.47 Å². The Balaban J connectivity index is 1.41. The highest BCUT2D eigenvalue weighted by atomic mass is 16.7. The van der Waals surface area contributed by atoms with E-state index < -0.39 is 5.79 Å². The monoisotopic (exact) mass is 446 g/mol. The van der Waals surface area contributed by atoms with Crippen LogP contribution < -0.4 is 0 Å². The molecular formula is C28H34N2O3. The molecule has 0 bridgehead atoms. The van der Waals surface area contributed by atoms with Gasteiger partial charge in [0.15, 0.2) is 5.79 Å². The molecule has 5 rings (SSSR count). The predicted molar refractivity (Wildman–Crippen MR) is 130 cm³/mol. The molecule has 1 atom stereocenters. The van der Waals surface area contributed by atoms with Gasteiger partial charge in [-0.25, -0.2) is 0 Å². The van der Waals surface area contributed by atoms with Gasteiger partial charge < -0.3 is 19.4 Å². The fourth-order valence-electron chi connectivity index (χ4n) is 5.19. The van der Waals surface area contributed by atoms with Crippen molar-refractivity contribution >= 4 is 16.8 Å². The van der Waals surface area contributed by atoms with Crippen molar-refractivity contribution in [1.29, 1.82) is 0 Å². The van der Waals surface area contributed by atoms with Gasteiger partial charge in [0.25, 0.3) is 0 Å². The number of nitrogens with zero attached hydrogens (tertiary/aromatic N) is 1. The lowest BCUT2D eigenvalue weighted by molar-refractivity contribution is -0.187. The second-order valence-corrected chi connectivity index (χ2v) is 10.4. The van der Waals surface area contributed by atoms with Gasteiger partial charge in [-0.1, -0.05) is 63.2 Å². The first kappa shape index (κ1) is 22.2. The number of likely N-dealkylation sites (tertiary alicyclic amines) is 1. The Morgan fingerprint density at radius 1 is 1.03 bits per heavy atom. The minimum Gasteiger partial charge on any atom is -0.361 e. The third-order valence-electron chi connectivity index (χ3n) is 7.25. The molecule has 174 valence electrons. The molecule has 1 N–H and O–H groups in total. The molecule has 0 saturated carbocycles. The zero-order valence-corrected chi connectivity index (χ0v) is 19.9. The fourth-order valence-corrected chi connectivity index (χ4v) is 5.19. The van der Waals surface area contributed by atoms with E-state index in [1.165, 1.54) is 22.1 Å². The number of nitrogens with one attached hydrogen (secondary N) is 1. The molecule has 2 saturated heterocycles. The summed E-state index contributed by atoms with van der Waals surface area (Å²) in [5.74, 6) is -0.272. The Kier molecular flexibility index (Phi) is 5.79. The van der Waals surface area contributed by atoms with Crippen LogP contribution in [0.4, 0.5) is 0 Å². The molecule has 5 nitrogen and oxygen atoms in total. The highest BCUT2D eigenvalue weighted by molar-refractivity contribution is 5.86. The smallest absolute Gasteiger partial charge is 0.223 e. The molecule has 1 aromatic heterocycles. The fraction of sp³-hybridized carbons (Fsp3) is 0.464. The molecule has 2 aromatic carbocycles. The van der Waals surface area contributed by atoms with Crippen molar-refractivity contribution in [2.45, 2.75) is 57.2 Å². The van der Waals surface area contributed by atoms with Gasteiger partial charge >= 0.3 is 0 Å². The van der Waals surface area contributed by atoms with Crippen molar-refractivity contribution in [2.24, 2.45) is 0 Å². The van der Waals surface area contributed by atoms with Crippen molar-refractivity contribution in [1.82, 2.24) is 9.88 Å². The maximum atomic E-state index is 13.5. The number of H-pyrrole nitrogens is 1. The molecule has 33 heavy (non-hydrogen) atoms. The number of benzene rings is 2. The zero-order valence-electron chi connectivity index (χ0n) is 19.9. The number of piperidine rings is 1. The van der Waals surface area contributed by atoms with E-state index in [0.29, 0.717) is 32.7 Å². The standard InChI is InChI=1S/C28H34N2O3/c1-27(2,3)21-10-8-20(9-11-21)23(24-19-29-25-7-5-4-6-22(24)25)18-26(31)30-14-12-28(13-15-30)32-16-17-33-28/h4-11,19,23,29H,12-18H2,1-3H3. The van der Waals surface area contributed by atoms with Crippen LogP contribution in [0.15, 0.2) is 54.7 Å². The number of aromatic amines is 1. The Labute approximate surface area is 196 Å². The summed E-state index contributed by atoms with van der Waals surface area (Å²) < 4.78 is 11.7. The molecule has 2 fully saturated rings. The van der Waals surface area contributed by atoms with Crippen LogP contribution in [0.3, 0.4) is 0 Å². The number of hydrogen-bond acceptors (Lipinski definition) is 3. The van der Waals surface area contributed by atoms with Gasteiger partial charge in [-0.05, 0) is 28.2 Å². The van der Waals surface area contributed by atoms with Crippen LogP contribution in [0.5, 0.6) is 0 Å². The van der Waals surface area contributed by atoms with Gasteiger partial charge in [0.2, 0.25) is 5.91 Å². The van der Waals surface area contributed by atoms with Crippen LogP contribution >= 0.6 is 0 Å². The van der Waals surface area contributed by atoms with Crippen molar-refractivity contribution in [3.63, 3.8) is 0 Å². The number of carbonyl (C=O) groups excluding carboxylic acids is 1. The lowest BCUT2D eigenvalue weighted by Crippen LogP contribution is -2.47. The molecule has 3 aromatic rings. The second kappa shape index (κ2) is 8.62. The lowest BCUT2D eigenvalue weighted by Gasteiger charge is -2.38. The first-order valence-corrected chi connectivity index (χ1v) is 12.1. The van der Waals surface area contributed by atoms with Gasteiger partial charge in [0.1, 0.15) is 0 Å². The summed E-state index contributed by atoms with van der Waals surface area (Å²) in [6.45, 7) is 9.35. The van der Waals surface area contributed by atoms with Crippen molar-refractivity contribution in [2.75, 3.05) is 26.3 Å². The number of rotatable bonds is 4. The summed E-state index contributed by atoms with van der Waals surface area (Å²) in [5, 5.41) is 1.18. The van der Waals surface area contributed by atoms with Crippen LogP contribution in [0.1, 0.15) is 62.6 Å². The van der Waals surface area contributed by atoms with E-state index in [2.05, 4.69) is 74.4 Å². The zero-order chi connectivity index (χ0) is 23.1. The Morgan fingerprint density at radius 2 is 1.70 bits per heavy atom. The van der Waals surface area contributed by atoms with Crippen LogP contribution in [-0.4, -0.2) is 47.9 Å². The third-order valence-corrected chi connectivity index (χ3v) is 7.25. The largest absolute Gasteiger partial charge is 0.361 e. The van der Waals surface area contributed by atoms with Crippen molar-refractivity contribution in [3.8, 4) is 0 Å². The number of para-hydroxylation sites is 1. The third kappa shape index (κ3) is 4.44. The van der Waals surface area contributed by atoms with Crippen molar-refractivity contribution in [3.05, 3.63) is 71.4 Å². The first-order valence-electron chi connectivity index (χ1n) is 12.1. The van der Waals surface area contributed by atoms with E-state index in [-0.39, 0.29) is 17.2 Å². The Bertz CT molecular complexity index is 1110. The Morgan fingerprint density at radius 3 is 2.36 bits per heavy atom. The van der Waals surface area contributed by atoms with E-state index >= 15 is 0 Å².